The number of anilines is 2. The van der Waals surface area contributed by atoms with Crippen LogP contribution in [-0.2, 0) is 9.59 Å². The topological polar surface area (TPSA) is 83.6 Å². The van der Waals surface area contributed by atoms with E-state index in [0.717, 1.165) is 50.0 Å². The van der Waals surface area contributed by atoms with E-state index in [1.807, 2.05) is 12.1 Å². The van der Waals surface area contributed by atoms with Gasteiger partial charge in [-0.15, -0.1) is 0 Å². The number of aromatic nitrogens is 1. The van der Waals surface area contributed by atoms with Crippen LogP contribution in [0.1, 0.15) is 52.4 Å². The molecular formula is C26H30Cl2N4O3. The van der Waals surface area contributed by atoms with Crippen LogP contribution in [0, 0.1) is 5.92 Å². The van der Waals surface area contributed by atoms with Gasteiger partial charge in [0.15, 0.2) is 5.60 Å². The molecule has 1 aromatic carbocycles. The van der Waals surface area contributed by atoms with E-state index in [4.69, 9.17) is 27.9 Å². The van der Waals surface area contributed by atoms with Crippen molar-refractivity contribution in [3.05, 3.63) is 46.6 Å². The SMILES string of the molecule is CC(C)(Oc1ccc(Cl)cc1Cl)C(=O)NC1C[C@H]2CC[C@@H](C1)N2c1ccc(NC(=O)C2CC2)cn1. The first kappa shape index (κ1) is 24.2. The van der Waals surface area contributed by atoms with Gasteiger partial charge in [0, 0.05) is 29.1 Å². The first-order valence-corrected chi connectivity index (χ1v) is 13.0. The van der Waals surface area contributed by atoms with Gasteiger partial charge in [-0.25, -0.2) is 4.98 Å². The second-order valence-corrected chi connectivity index (χ2v) is 11.1. The number of carbonyl (C=O) groups is 2. The predicted molar refractivity (Wildman–Crippen MR) is 137 cm³/mol. The summed E-state index contributed by atoms with van der Waals surface area (Å²) in [7, 11) is 0. The molecule has 2 aliphatic heterocycles. The lowest BCUT2D eigenvalue weighted by Crippen LogP contribution is -2.55. The van der Waals surface area contributed by atoms with Crippen molar-refractivity contribution < 1.29 is 14.3 Å². The molecule has 2 saturated heterocycles. The van der Waals surface area contributed by atoms with Crippen molar-refractivity contribution in [1.29, 1.82) is 0 Å². The van der Waals surface area contributed by atoms with Gasteiger partial charge in [0.1, 0.15) is 11.6 Å². The second-order valence-electron chi connectivity index (χ2n) is 10.3. The maximum atomic E-state index is 13.1. The number of rotatable bonds is 7. The molecule has 9 heteroatoms. The number of fused-ring (bicyclic) bond motifs is 2. The van der Waals surface area contributed by atoms with E-state index >= 15 is 0 Å². The Kier molecular flexibility index (Phi) is 6.57. The Balaban J connectivity index is 1.19. The third-order valence-electron chi connectivity index (χ3n) is 7.10. The van der Waals surface area contributed by atoms with Crippen LogP contribution >= 0.6 is 23.2 Å². The van der Waals surface area contributed by atoms with Crippen LogP contribution in [0.25, 0.3) is 0 Å². The molecule has 1 aromatic heterocycles. The van der Waals surface area contributed by atoms with Crippen molar-refractivity contribution in [2.75, 3.05) is 10.2 Å². The number of hydrogen-bond acceptors (Lipinski definition) is 5. The Bertz CT molecular complexity index is 1110. The molecule has 1 aliphatic carbocycles. The number of benzene rings is 1. The average molecular weight is 517 g/mol. The van der Waals surface area contributed by atoms with Crippen LogP contribution in [0.5, 0.6) is 5.75 Å². The largest absolute Gasteiger partial charge is 0.476 e. The van der Waals surface area contributed by atoms with Crippen LogP contribution < -0.4 is 20.3 Å². The molecule has 3 fully saturated rings. The molecule has 2 N–H and O–H groups in total. The molecular weight excluding hydrogens is 487 g/mol. The molecule has 7 nitrogen and oxygen atoms in total. The Morgan fingerprint density at radius 2 is 1.77 bits per heavy atom. The molecule has 186 valence electrons. The van der Waals surface area contributed by atoms with Gasteiger partial charge < -0.3 is 20.3 Å². The summed E-state index contributed by atoms with van der Waals surface area (Å²) < 4.78 is 5.95. The summed E-state index contributed by atoms with van der Waals surface area (Å²) in [5.74, 6) is 1.43. The molecule has 1 saturated carbocycles. The Morgan fingerprint density at radius 3 is 2.37 bits per heavy atom. The van der Waals surface area contributed by atoms with Crippen molar-refractivity contribution in [2.45, 2.75) is 76.1 Å². The highest BCUT2D eigenvalue weighted by Gasteiger charge is 2.43. The monoisotopic (exact) mass is 516 g/mol. The zero-order chi connectivity index (χ0) is 24.7. The number of amides is 2. The van der Waals surface area contributed by atoms with Gasteiger partial charge in [-0.2, -0.15) is 0 Å². The first-order valence-electron chi connectivity index (χ1n) is 12.2. The van der Waals surface area contributed by atoms with E-state index in [1.54, 1.807) is 38.2 Å². The number of piperidine rings is 1. The quantitative estimate of drug-likeness (QED) is 0.527. The van der Waals surface area contributed by atoms with Gasteiger partial charge in [0.05, 0.1) is 16.9 Å². The van der Waals surface area contributed by atoms with Gasteiger partial charge in [0.2, 0.25) is 5.91 Å². The number of hydrogen-bond donors (Lipinski definition) is 2. The average Bonchev–Trinajstić information content (AvgIpc) is 3.62. The standard InChI is InChI=1S/C26H30Cl2N4O3/c1-26(2,35-22-9-5-16(27)11-21(22)28)25(34)31-18-12-19-7-8-20(13-18)32(19)23-10-6-17(14-29-23)30-24(33)15-3-4-15/h5-6,9-11,14-15,18-20H,3-4,7-8,12-13H2,1-2H3,(H,30,33)(H,31,34)/t18?,19-,20+. The summed E-state index contributed by atoms with van der Waals surface area (Å²) >= 11 is 12.2. The van der Waals surface area contributed by atoms with Crippen molar-refractivity contribution >= 4 is 46.5 Å². The van der Waals surface area contributed by atoms with Crippen molar-refractivity contribution in [2.24, 2.45) is 5.92 Å². The van der Waals surface area contributed by atoms with E-state index < -0.39 is 5.60 Å². The Morgan fingerprint density at radius 1 is 1.06 bits per heavy atom. The van der Waals surface area contributed by atoms with Crippen LogP contribution in [0.4, 0.5) is 11.5 Å². The fourth-order valence-corrected chi connectivity index (χ4v) is 5.56. The zero-order valence-corrected chi connectivity index (χ0v) is 21.4. The smallest absolute Gasteiger partial charge is 0.263 e. The fourth-order valence-electron chi connectivity index (χ4n) is 5.11. The normalized spacial score (nSPS) is 23.7. The summed E-state index contributed by atoms with van der Waals surface area (Å²) in [4.78, 5) is 32.1. The third kappa shape index (κ3) is 5.36. The van der Waals surface area contributed by atoms with Gasteiger partial charge >= 0.3 is 0 Å². The second kappa shape index (κ2) is 9.51. The highest BCUT2D eigenvalue weighted by atomic mass is 35.5. The first-order chi connectivity index (χ1) is 16.7. The number of ether oxygens (including phenoxy) is 1. The molecule has 0 spiro atoms. The van der Waals surface area contributed by atoms with E-state index in [-0.39, 0.29) is 23.8 Å². The summed E-state index contributed by atoms with van der Waals surface area (Å²) in [6, 6.07) is 9.57. The van der Waals surface area contributed by atoms with Gasteiger partial charge in [0.25, 0.3) is 5.91 Å². The van der Waals surface area contributed by atoms with E-state index in [1.165, 1.54) is 0 Å². The molecule has 35 heavy (non-hydrogen) atoms. The number of nitrogens with zero attached hydrogens (tertiary/aromatic N) is 2. The van der Waals surface area contributed by atoms with E-state index in [9.17, 15) is 9.59 Å². The third-order valence-corrected chi connectivity index (χ3v) is 7.63. The Labute approximate surface area is 215 Å². The minimum atomic E-state index is -1.09. The maximum Gasteiger partial charge on any atom is 0.263 e. The number of nitrogens with one attached hydrogen (secondary N) is 2. The lowest BCUT2D eigenvalue weighted by molar-refractivity contribution is -0.135. The molecule has 2 bridgehead atoms. The van der Waals surface area contributed by atoms with Gasteiger partial charge in [-0.3, -0.25) is 9.59 Å². The minimum Gasteiger partial charge on any atom is -0.476 e. The van der Waals surface area contributed by atoms with Crippen LogP contribution in [0.2, 0.25) is 10.0 Å². The van der Waals surface area contributed by atoms with Gasteiger partial charge in [-0.05, 0) is 82.7 Å². The Hall–Kier alpha value is -2.51. The summed E-state index contributed by atoms with van der Waals surface area (Å²) in [5.41, 5.74) is -0.348. The fraction of sp³-hybridized carbons (Fsp3) is 0.500. The van der Waals surface area contributed by atoms with Crippen LogP contribution in [0.3, 0.4) is 0 Å². The minimum absolute atomic E-state index is 0.0666. The summed E-state index contributed by atoms with van der Waals surface area (Å²) in [6.45, 7) is 3.48. The predicted octanol–water partition coefficient (Wildman–Crippen LogP) is 5.21. The van der Waals surface area contributed by atoms with E-state index in [2.05, 4.69) is 20.5 Å². The van der Waals surface area contributed by atoms with Gasteiger partial charge in [-0.1, -0.05) is 23.2 Å². The van der Waals surface area contributed by atoms with Crippen LogP contribution in [-0.4, -0.2) is 40.5 Å². The molecule has 2 aromatic rings. The number of carbonyl (C=O) groups excluding carboxylic acids is 2. The molecule has 3 aliphatic rings. The number of halogens is 2. The molecule has 1 unspecified atom stereocenters. The van der Waals surface area contributed by atoms with E-state index in [0.29, 0.717) is 27.9 Å². The zero-order valence-electron chi connectivity index (χ0n) is 19.9. The highest BCUT2D eigenvalue weighted by molar-refractivity contribution is 6.35. The molecule has 3 atom stereocenters. The molecule has 5 rings (SSSR count). The number of pyridine rings is 1. The van der Waals surface area contributed by atoms with Crippen LogP contribution in [0.15, 0.2) is 36.5 Å². The highest BCUT2D eigenvalue weighted by Crippen LogP contribution is 2.39. The lowest BCUT2D eigenvalue weighted by Gasteiger charge is -2.40. The molecule has 0 radical (unpaired) electrons. The summed E-state index contributed by atoms with van der Waals surface area (Å²) in [6.07, 6.45) is 7.53. The summed E-state index contributed by atoms with van der Waals surface area (Å²) in [5, 5.41) is 7.03. The molecule has 2 amide bonds. The maximum absolute atomic E-state index is 13.1. The molecule has 3 heterocycles. The van der Waals surface area contributed by atoms with Crippen molar-refractivity contribution in [3.8, 4) is 5.75 Å². The van der Waals surface area contributed by atoms with Crippen molar-refractivity contribution in [1.82, 2.24) is 10.3 Å². The lowest BCUT2D eigenvalue weighted by atomic mass is 9.96. The van der Waals surface area contributed by atoms with Crippen molar-refractivity contribution in [3.63, 3.8) is 0 Å².